The average molecular weight is 239 g/mol. The first-order chi connectivity index (χ1) is 7.83. The van der Waals surface area contributed by atoms with E-state index in [4.69, 9.17) is 21.8 Å². The van der Waals surface area contributed by atoms with Crippen molar-refractivity contribution in [2.75, 3.05) is 13.1 Å². The number of rotatable bonds is 5. The van der Waals surface area contributed by atoms with Gasteiger partial charge >= 0.3 is 0 Å². The van der Waals surface area contributed by atoms with Gasteiger partial charge in [0.05, 0.1) is 0 Å². The van der Waals surface area contributed by atoms with Crippen LogP contribution in [0.1, 0.15) is 12.0 Å². The van der Waals surface area contributed by atoms with Crippen LogP contribution in [0.4, 0.5) is 0 Å². The molecule has 16 heavy (non-hydrogen) atoms. The standard InChI is InChI=1S/C12H15ClN2O/c13-12-10(8-15-7-3-6-14)9-4-1-2-5-11(9)16-12/h1-2,4-5,15H,3,6-8,14H2. The van der Waals surface area contributed by atoms with Crippen LogP contribution in [0.15, 0.2) is 28.7 Å². The molecule has 3 N–H and O–H groups in total. The molecule has 0 radical (unpaired) electrons. The summed E-state index contributed by atoms with van der Waals surface area (Å²) < 4.78 is 5.46. The van der Waals surface area contributed by atoms with E-state index in [0.29, 0.717) is 11.8 Å². The highest BCUT2D eigenvalue weighted by molar-refractivity contribution is 6.30. The quantitative estimate of drug-likeness (QED) is 0.787. The number of hydrogen-bond donors (Lipinski definition) is 2. The first-order valence-corrected chi connectivity index (χ1v) is 5.77. The summed E-state index contributed by atoms with van der Waals surface area (Å²) >= 11 is 6.05. The minimum absolute atomic E-state index is 0.474. The number of halogens is 1. The van der Waals surface area contributed by atoms with Gasteiger partial charge in [-0.1, -0.05) is 18.2 Å². The van der Waals surface area contributed by atoms with Crippen molar-refractivity contribution in [1.82, 2.24) is 5.32 Å². The van der Waals surface area contributed by atoms with Crippen molar-refractivity contribution in [3.8, 4) is 0 Å². The van der Waals surface area contributed by atoms with Crippen LogP contribution in [0.2, 0.25) is 5.22 Å². The maximum atomic E-state index is 6.05. The van der Waals surface area contributed by atoms with Gasteiger partial charge in [-0.25, -0.2) is 0 Å². The van der Waals surface area contributed by atoms with Crippen LogP contribution >= 0.6 is 11.6 Å². The van der Waals surface area contributed by atoms with E-state index in [2.05, 4.69) is 5.32 Å². The zero-order valence-electron chi connectivity index (χ0n) is 9.00. The van der Waals surface area contributed by atoms with Gasteiger partial charge < -0.3 is 15.5 Å². The number of nitrogens with one attached hydrogen (secondary N) is 1. The third-order valence-electron chi connectivity index (χ3n) is 2.51. The summed E-state index contributed by atoms with van der Waals surface area (Å²) in [5.41, 5.74) is 7.28. The van der Waals surface area contributed by atoms with E-state index in [1.165, 1.54) is 0 Å². The molecular formula is C12H15ClN2O. The fraction of sp³-hybridized carbons (Fsp3) is 0.333. The van der Waals surface area contributed by atoms with Gasteiger partial charge in [-0.3, -0.25) is 0 Å². The van der Waals surface area contributed by atoms with Crippen molar-refractivity contribution in [1.29, 1.82) is 0 Å². The molecule has 86 valence electrons. The maximum absolute atomic E-state index is 6.05. The van der Waals surface area contributed by atoms with E-state index >= 15 is 0 Å². The number of hydrogen-bond acceptors (Lipinski definition) is 3. The first-order valence-electron chi connectivity index (χ1n) is 5.39. The molecule has 0 unspecified atom stereocenters. The van der Waals surface area contributed by atoms with Crippen LogP contribution in [0.25, 0.3) is 11.0 Å². The van der Waals surface area contributed by atoms with Crippen molar-refractivity contribution in [3.63, 3.8) is 0 Å². The Labute approximate surface area is 99.6 Å². The highest BCUT2D eigenvalue weighted by Gasteiger charge is 2.10. The van der Waals surface area contributed by atoms with Gasteiger partial charge in [0.25, 0.3) is 0 Å². The summed E-state index contributed by atoms with van der Waals surface area (Å²) in [5, 5.41) is 4.85. The molecule has 0 bridgehead atoms. The summed E-state index contributed by atoms with van der Waals surface area (Å²) in [6, 6.07) is 7.86. The maximum Gasteiger partial charge on any atom is 0.199 e. The second-order valence-corrected chi connectivity index (χ2v) is 4.01. The lowest BCUT2D eigenvalue weighted by molar-refractivity contribution is 0.601. The van der Waals surface area contributed by atoms with Crippen LogP contribution in [-0.4, -0.2) is 13.1 Å². The number of benzene rings is 1. The monoisotopic (exact) mass is 238 g/mol. The zero-order chi connectivity index (χ0) is 11.4. The Hall–Kier alpha value is -1.03. The topological polar surface area (TPSA) is 51.2 Å². The Balaban J connectivity index is 2.13. The lowest BCUT2D eigenvalue weighted by Crippen LogP contribution is -2.17. The number of fused-ring (bicyclic) bond motifs is 1. The lowest BCUT2D eigenvalue weighted by atomic mass is 10.2. The number of furan rings is 1. The van der Waals surface area contributed by atoms with Gasteiger partial charge in [0.1, 0.15) is 5.58 Å². The van der Waals surface area contributed by atoms with Crippen LogP contribution in [0.5, 0.6) is 0 Å². The van der Waals surface area contributed by atoms with Gasteiger partial charge in [0.2, 0.25) is 0 Å². The fourth-order valence-electron chi connectivity index (χ4n) is 1.67. The zero-order valence-corrected chi connectivity index (χ0v) is 9.76. The van der Waals surface area contributed by atoms with Crippen LogP contribution in [-0.2, 0) is 6.54 Å². The van der Waals surface area contributed by atoms with Gasteiger partial charge in [-0.15, -0.1) is 0 Å². The van der Waals surface area contributed by atoms with Crippen LogP contribution < -0.4 is 11.1 Å². The molecule has 0 aliphatic carbocycles. The Morgan fingerprint density at radius 1 is 1.31 bits per heavy atom. The van der Waals surface area contributed by atoms with Crippen molar-refractivity contribution in [3.05, 3.63) is 35.0 Å². The highest BCUT2D eigenvalue weighted by Crippen LogP contribution is 2.29. The van der Waals surface area contributed by atoms with Gasteiger partial charge in [0.15, 0.2) is 5.22 Å². The molecule has 0 aliphatic heterocycles. The fourth-order valence-corrected chi connectivity index (χ4v) is 1.93. The Morgan fingerprint density at radius 3 is 2.94 bits per heavy atom. The molecule has 2 aromatic rings. The molecule has 4 heteroatoms. The predicted octanol–water partition coefficient (Wildman–Crippen LogP) is 2.52. The summed E-state index contributed by atoms with van der Waals surface area (Å²) in [6.45, 7) is 2.31. The second-order valence-electron chi connectivity index (χ2n) is 3.67. The minimum Gasteiger partial charge on any atom is -0.444 e. The van der Waals surface area contributed by atoms with E-state index in [9.17, 15) is 0 Å². The van der Waals surface area contributed by atoms with Crippen molar-refractivity contribution in [2.45, 2.75) is 13.0 Å². The molecule has 1 aromatic heterocycles. The van der Waals surface area contributed by atoms with Crippen molar-refractivity contribution in [2.24, 2.45) is 5.73 Å². The van der Waals surface area contributed by atoms with Gasteiger partial charge in [0, 0.05) is 17.5 Å². The van der Waals surface area contributed by atoms with Crippen molar-refractivity contribution >= 4 is 22.6 Å². The lowest BCUT2D eigenvalue weighted by Gasteiger charge is -2.02. The highest BCUT2D eigenvalue weighted by atomic mass is 35.5. The van der Waals surface area contributed by atoms with E-state index in [-0.39, 0.29) is 0 Å². The molecule has 0 saturated carbocycles. The summed E-state index contributed by atoms with van der Waals surface area (Å²) in [6.07, 6.45) is 0.966. The Morgan fingerprint density at radius 2 is 2.12 bits per heavy atom. The SMILES string of the molecule is NCCCNCc1c(Cl)oc2ccccc12. The van der Waals surface area contributed by atoms with E-state index < -0.39 is 0 Å². The number of para-hydroxylation sites is 1. The minimum atomic E-state index is 0.474. The molecular weight excluding hydrogens is 224 g/mol. The number of nitrogens with two attached hydrogens (primary N) is 1. The third kappa shape index (κ3) is 2.38. The molecule has 0 spiro atoms. The summed E-state index contributed by atoms with van der Waals surface area (Å²) in [5.74, 6) is 0. The molecule has 0 fully saturated rings. The van der Waals surface area contributed by atoms with E-state index in [1.54, 1.807) is 0 Å². The molecule has 1 aromatic carbocycles. The first kappa shape index (κ1) is 11.5. The molecule has 0 amide bonds. The molecule has 0 saturated heterocycles. The second kappa shape index (κ2) is 5.34. The summed E-state index contributed by atoms with van der Waals surface area (Å²) in [7, 11) is 0. The summed E-state index contributed by atoms with van der Waals surface area (Å²) in [4.78, 5) is 0. The molecule has 0 aliphatic rings. The van der Waals surface area contributed by atoms with Crippen molar-refractivity contribution < 1.29 is 4.42 Å². The molecule has 1 heterocycles. The van der Waals surface area contributed by atoms with Crippen LogP contribution in [0.3, 0.4) is 0 Å². The Kier molecular flexibility index (Phi) is 3.83. The smallest absolute Gasteiger partial charge is 0.199 e. The molecule has 0 atom stereocenters. The normalized spacial score (nSPS) is 11.1. The predicted molar refractivity (Wildman–Crippen MR) is 66.6 cm³/mol. The van der Waals surface area contributed by atoms with Gasteiger partial charge in [-0.05, 0) is 37.2 Å². The van der Waals surface area contributed by atoms with E-state index in [1.807, 2.05) is 24.3 Å². The van der Waals surface area contributed by atoms with Gasteiger partial charge in [-0.2, -0.15) is 0 Å². The average Bonchev–Trinajstić information content (AvgIpc) is 2.61. The molecule has 3 nitrogen and oxygen atoms in total. The van der Waals surface area contributed by atoms with Crippen LogP contribution in [0, 0.1) is 0 Å². The third-order valence-corrected chi connectivity index (χ3v) is 2.81. The largest absolute Gasteiger partial charge is 0.444 e. The molecule has 2 rings (SSSR count). The van der Waals surface area contributed by atoms with E-state index in [0.717, 1.165) is 36.0 Å². The Bertz CT molecular complexity index is 467.